The zero-order chi connectivity index (χ0) is 15.5. The maximum absolute atomic E-state index is 12.4. The number of aryl methyl sites for hydroxylation is 1. The minimum absolute atomic E-state index is 0.00872. The van der Waals surface area contributed by atoms with E-state index in [-0.39, 0.29) is 17.0 Å². The Morgan fingerprint density at radius 3 is 2.76 bits per heavy atom. The number of carboxylic acids is 1. The minimum atomic E-state index is -3.77. The fraction of sp³-hybridized carbons (Fsp3) is 0.231. The number of thiazole rings is 1. The Hall–Kier alpha value is -1.77. The van der Waals surface area contributed by atoms with Crippen molar-refractivity contribution in [2.24, 2.45) is 0 Å². The Labute approximate surface area is 126 Å². The first-order valence-corrected chi connectivity index (χ1v) is 8.53. The number of nitrogens with one attached hydrogen (secondary N) is 1. The summed E-state index contributed by atoms with van der Waals surface area (Å²) in [6, 6.07) is 4.13. The normalized spacial score (nSPS) is 11.5. The smallest absolute Gasteiger partial charge is 0.335 e. The molecule has 0 aliphatic heterocycles. The summed E-state index contributed by atoms with van der Waals surface area (Å²) in [5, 5.41) is 9.00. The van der Waals surface area contributed by atoms with Crippen molar-refractivity contribution in [3.05, 3.63) is 45.9 Å². The second-order valence-electron chi connectivity index (χ2n) is 4.27. The van der Waals surface area contributed by atoms with Crippen LogP contribution in [0.25, 0.3) is 0 Å². The van der Waals surface area contributed by atoms with Gasteiger partial charge in [0.1, 0.15) is 0 Å². The van der Waals surface area contributed by atoms with Crippen LogP contribution in [0.1, 0.15) is 27.7 Å². The molecule has 2 rings (SSSR count). The maximum atomic E-state index is 12.4. The molecule has 2 N–H and O–H groups in total. The van der Waals surface area contributed by atoms with E-state index < -0.39 is 16.0 Å². The molecule has 112 valence electrons. The number of carboxylic acid groups (broad SMARTS) is 1. The number of sulfonamides is 1. The van der Waals surface area contributed by atoms with Crippen molar-refractivity contribution in [1.82, 2.24) is 9.71 Å². The Morgan fingerprint density at radius 1 is 1.43 bits per heavy atom. The molecule has 0 aliphatic carbocycles. The highest BCUT2D eigenvalue weighted by molar-refractivity contribution is 7.89. The predicted molar refractivity (Wildman–Crippen MR) is 78.9 cm³/mol. The summed E-state index contributed by atoms with van der Waals surface area (Å²) in [7, 11) is -3.77. The van der Waals surface area contributed by atoms with Crippen LogP contribution < -0.4 is 4.72 Å². The zero-order valence-corrected chi connectivity index (χ0v) is 12.9. The molecule has 1 aromatic heterocycles. The van der Waals surface area contributed by atoms with Gasteiger partial charge in [-0.15, -0.1) is 11.3 Å². The largest absolute Gasteiger partial charge is 0.478 e. The molecule has 0 spiro atoms. The number of aromatic nitrogens is 1. The highest BCUT2D eigenvalue weighted by Gasteiger charge is 2.20. The van der Waals surface area contributed by atoms with Gasteiger partial charge in [0.25, 0.3) is 0 Å². The lowest BCUT2D eigenvalue weighted by Crippen LogP contribution is -2.24. The third-order valence-electron chi connectivity index (χ3n) is 2.90. The van der Waals surface area contributed by atoms with Gasteiger partial charge < -0.3 is 5.11 Å². The monoisotopic (exact) mass is 326 g/mol. The summed E-state index contributed by atoms with van der Waals surface area (Å²) < 4.78 is 27.2. The number of hydrogen-bond acceptors (Lipinski definition) is 5. The molecule has 1 heterocycles. The highest BCUT2D eigenvalue weighted by atomic mass is 32.2. The first-order valence-electron chi connectivity index (χ1n) is 6.17. The van der Waals surface area contributed by atoms with Crippen molar-refractivity contribution >= 4 is 27.3 Å². The molecule has 0 unspecified atom stereocenters. The maximum Gasteiger partial charge on any atom is 0.335 e. The molecule has 0 saturated carbocycles. The number of hydrogen-bond donors (Lipinski definition) is 2. The number of benzene rings is 1. The third-order valence-corrected chi connectivity index (χ3v) is 5.17. The lowest BCUT2D eigenvalue weighted by molar-refractivity contribution is 0.0696. The van der Waals surface area contributed by atoms with Gasteiger partial charge in [-0.3, -0.25) is 4.98 Å². The van der Waals surface area contributed by atoms with Gasteiger partial charge in [-0.2, -0.15) is 0 Å². The second kappa shape index (κ2) is 6.33. The van der Waals surface area contributed by atoms with Crippen LogP contribution in [0.3, 0.4) is 0 Å². The van der Waals surface area contributed by atoms with Gasteiger partial charge in [0.2, 0.25) is 10.0 Å². The van der Waals surface area contributed by atoms with Gasteiger partial charge in [-0.05, 0) is 24.1 Å². The van der Waals surface area contributed by atoms with E-state index in [1.165, 1.54) is 29.5 Å². The third kappa shape index (κ3) is 3.66. The molecule has 0 saturated heterocycles. The van der Waals surface area contributed by atoms with E-state index >= 15 is 0 Å². The molecule has 1 aromatic carbocycles. The lowest BCUT2D eigenvalue weighted by Gasteiger charge is -2.11. The number of nitrogens with zero attached hydrogens (tertiary/aromatic N) is 1. The Kier molecular flexibility index (Phi) is 4.71. The van der Waals surface area contributed by atoms with E-state index in [0.29, 0.717) is 12.0 Å². The summed E-state index contributed by atoms with van der Waals surface area (Å²) in [6.07, 6.45) is 2.08. The van der Waals surface area contributed by atoms with Crippen molar-refractivity contribution in [3.8, 4) is 0 Å². The topological polar surface area (TPSA) is 96.4 Å². The fourth-order valence-electron chi connectivity index (χ4n) is 1.80. The average molecular weight is 326 g/mol. The van der Waals surface area contributed by atoms with Crippen LogP contribution in [-0.4, -0.2) is 24.5 Å². The van der Waals surface area contributed by atoms with Crippen LogP contribution in [0.15, 0.2) is 34.8 Å². The van der Waals surface area contributed by atoms with Crippen molar-refractivity contribution in [3.63, 3.8) is 0 Å². The van der Waals surface area contributed by atoms with E-state index in [1.54, 1.807) is 11.7 Å². The minimum Gasteiger partial charge on any atom is -0.478 e. The van der Waals surface area contributed by atoms with Gasteiger partial charge >= 0.3 is 5.97 Å². The molecule has 0 atom stereocenters. The van der Waals surface area contributed by atoms with E-state index in [2.05, 4.69) is 9.71 Å². The van der Waals surface area contributed by atoms with E-state index in [0.717, 1.165) is 4.88 Å². The molecular formula is C13H14N2O4S2. The van der Waals surface area contributed by atoms with Crippen molar-refractivity contribution < 1.29 is 18.3 Å². The zero-order valence-electron chi connectivity index (χ0n) is 11.2. The van der Waals surface area contributed by atoms with Crippen LogP contribution in [0.4, 0.5) is 0 Å². The number of carbonyl (C=O) groups is 1. The molecular weight excluding hydrogens is 312 g/mol. The standard InChI is InChI=1S/C13H14N2O4S2/c1-2-9-3-4-10(13(16)17)5-12(9)21(18,19)15-7-11-6-14-8-20-11/h3-6,8,15H,2,7H2,1H3,(H,16,17). The Morgan fingerprint density at radius 2 is 2.19 bits per heavy atom. The predicted octanol–water partition coefficient (Wildman–Crippen LogP) is 1.88. The van der Waals surface area contributed by atoms with Crippen LogP contribution >= 0.6 is 11.3 Å². The van der Waals surface area contributed by atoms with Crippen molar-refractivity contribution in [1.29, 1.82) is 0 Å². The van der Waals surface area contributed by atoms with Gasteiger partial charge in [-0.25, -0.2) is 17.9 Å². The number of rotatable bonds is 6. The van der Waals surface area contributed by atoms with Crippen molar-refractivity contribution in [2.45, 2.75) is 24.8 Å². The molecule has 0 amide bonds. The summed E-state index contributed by atoms with van der Waals surface area (Å²) in [5.41, 5.74) is 2.15. The molecule has 21 heavy (non-hydrogen) atoms. The SMILES string of the molecule is CCc1ccc(C(=O)O)cc1S(=O)(=O)NCc1cncs1. The van der Waals surface area contributed by atoms with Gasteiger partial charge in [0.05, 0.1) is 16.0 Å². The molecule has 8 heteroatoms. The summed E-state index contributed by atoms with van der Waals surface area (Å²) >= 11 is 1.34. The molecule has 2 aromatic rings. The highest BCUT2D eigenvalue weighted by Crippen LogP contribution is 2.19. The average Bonchev–Trinajstić information content (AvgIpc) is 2.98. The lowest BCUT2D eigenvalue weighted by atomic mass is 10.1. The fourth-order valence-corrected chi connectivity index (χ4v) is 3.77. The molecule has 6 nitrogen and oxygen atoms in total. The van der Waals surface area contributed by atoms with Gasteiger partial charge in [0, 0.05) is 17.6 Å². The van der Waals surface area contributed by atoms with Gasteiger partial charge in [-0.1, -0.05) is 13.0 Å². The molecule has 0 fully saturated rings. The first kappa shape index (κ1) is 15.6. The van der Waals surface area contributed by atoms with E-state index in [4.69, 9.17) is 5.11 Å². The Bertz CT molecular complexity index is 740. The Balaban J connectivity index is 2.33. The summed E-state index contributed by atoms with van der Waals surface area (Å²) in [5.74, 6) is -1.16. The summed E-state index contributed by atoms with van der Waals surface area (Å²) in [4.78, 5) is 15.7. The molecule has 0 bridgehead atoms. The van der Waals surface area contributed by atoms with Crippen LogP contribution in [-0.2, 0) is 23.0 Å². The van der Waals surface area contributed by atoms with E-state index in [9.17, 15) is 13.2 Å². The molecule has 0 aliphatic rings. The number of aromatic carboxylic acids is 1. The van der Waals surface area contributed by atoms with Gasteiger partial charge in [0.15, 0.2) is 0 Å². The quantitative estimate of drug-likeness (QED) is 0.845. The van der Waals surface area contributed by atoms with Crippen LogP contribution in [0, 0.1) is 0 Å². The summed E-state index contributed by atoms with van der Waals surface area (Å²) in [6.45, 7) is 1.95. The molecule has 0 radical (unpaired) electrons. The van der Waals surface area contributed by atoms with Crippen molar-refractivity contribution in [2.75, 3.05) is 0 Å². The van der Waals surface area contributed by atoms with Crippen LogP contribution in [0.5, 0.6) is 0 Å². The van der Waals surface area contributed by atoms with E-state index in [1.807, 2.05) is 6.92 Å². The van der Waals surface area contributed by atoms with Crippen LogP contribution in [0.2, 0.25) is 0 Å². The first-order chi connectivity index (χ1) is 9.94. The second-order valence-corrected chi connectivity index (χ2v) is 6.98.